The Morgan fingerprint density at radius 2 is 1.74 bits per heavy atom. The third kappa shape index (κ3) is 9.12. The van der Waals surface area contributed by atoms with Gasteiger partial charge in [-0.3, -0.25) is 9.78 Å². The number of aliphatic hydroxyl groups is 1. The van der Waals surface area contributed by atoms with E-state index >= 15 is 0 Å². The van der Waals surface area contributed by atoms with Crippen LogP contribution in [-0.2, 0) is 24.9 Å². The Bertz CT molecular complexity index is 1000. The second-order valence-electron chi connectivity index (χ2n) is 8.08. The van der Waals surface area contributed by atoms with Gasteiger partial charge in [0.15, 0.2) is 5.78 Å². The Labute approximate surface area is 197 Å². The number of hydrogen-bond acceptors (Lipinski definition) is 3. The molecule has 0 aliphatic carbocycles. The molecule has 0 fully saturated rings. The maximum absolute atomic E-state index is 13.5. The first-order chi connectivity index (χ1) is 14.3. The second kappa shape index (κ2) is 13.1. The minimum atomic E-state index is -0.237. The van der Waals surface area contributed by atoms with Gasteiger partial charge in [-0.1, -0.05) is 45.9 Å². The molecule has 1 radical (unpaired) electrons. The van der Waals surface area contributed by atoms with E-state index in [-0.39, 0.29) is 37.5 Å². The summed E-state index contributed by atoms with van der Waals surface area (Å²) in [7, 11) is 0. The van der Waals surface area contributed by atoms with Crippen molar-refractivity contribution < 1.29 is 34.4 Å². The van der Waals surface area contributed by atoms with Crippen molar-refractivity contribution in [2.75, 3.05) is 0 Å². The third-order valence-electron chi connectivity index (χ3n) is 4.22. The van der Waals surface area contributed by atoms with Crippen molar-refractivity contribution >= 4 is 16.7 Å². The van der Waals surface area contributed by atoms with Gasteiger partial charge in [-0.05, 0) is 29.7 Å². The van der Waals surface area contributed by atoms with Gasteiger partial charge in [-0.2, -0.15) is 0 Å². The van der Waals surface area contributed by atoms with E-state index in [0.29, 0.717) is 35.6 Å². The fourth-order valence-electron chi connectivity index (χ4n) is 2.94. The molecule has 5 heteroatoms. The Morgan fingerprint density at radius 1 is 1.03 bits per heavy atom. The zero-order chi connectivity index (χ0) is 22.1. The molecule has 0 saturated heterocycles. The predicted molar refractivity (Wildman–Crippen MR) is 121 cm³/mol. The number of allylic oxidation sites excluding steroid dienone is 2. The zero-order valence-corrected chi connectivity index (χ0v) is 20.8. The van der Waals surface area contributed by atoms with Gasteiger partial charge in [-0.15, -0.1) is 35.9 Å². The number of fused-ring (bicyclic) bond motifs is 1. The minimum Gasteiger partial charge on any atom is -0.512 e. The summed E-state index contributed by atoms with van der Waals surface area (Å²) in [6, 6.07) is 19.2. The minimum absolute atomic E-state index is 0. The van der Waals surface area contributed by atoms with Gasteiger partial charge in [0.05, 0.1) is 11.3 Å². The molecule has 0 atom stereocenters. The summed E-state index contributed by atoms with van der Waals surface area (Å²) in [6.45, 7) is 8.00. The number of carbonyl (C=O) groups excluding carboxylic acids is 1. The van der Waals surface area contributed by atoms with E-state index in [1.165, 1.54) is 12.1 Å². The summed E-state index contributed by atoms with van der Waals surface area (Å²) in [6.07, 6.45) is 2.46. The number of aliphatic hydroxyl groups excluding tert-OH is 1. The van der Waals surface area contributed by atoms with Crippen molar-refractivity contribution in [2.45, 2.75) is 40.5 Å². The van der Waals surface area contributed by atoms with Gasteiger partial charge in [0.2, 0.25) is 0 Å². The molecule has 1 aromatic heterocycles. The maximum atomic E-state index is 13.5. The van der Waals surface area contributed by atoms with E-state index in [0.717, 1.165) is 11.3 Å². The predicted octanol–water partition coefficient (Wildman–Crippen LogP) is 6.93. The summed E-state index contributed by atoms with van der Waals surface area (Å²) < 4.78 is 13.5. The summed E-state index contributed by atoms with van der Waals surface area (Å²) in [5, 5.41) is 9.89. The van der Waals surface area contributed by atoms with E-state index in [4.69, 9.17) is 0 Å². The number of nitrogens with zero attached hydrogens (tertiary/aromatic N) is 1. The van der Waals surface area contributed by atoms with E-state index in [2.05, 4.69) is 11.1 Å². The van der Waals surface area contributed by atoms with Crippen molar-refractivity contribution in [3.05, 3.63) is 78.3 Å². The van der Waals surface area contributed by atoms with Gasteiger partial charge in [-0.25, -0.2) is 4.39 Å². The van der Waals surface area contributed by atoms with E-state index in [9.17, 15) is 14.3 Å². The molecule has 0 aliphatic rings. The van der Waals surface area contributed by atoms with Crippen molar-refractivity contribution in [2.24, 2.45) is 11.8 Å². The first-order valence-electron chi connectivity index (χ1n) is 10.2. The zero-order valence-electron chi connectivity index (χ0n) is 18.4. The molecule has 0 amide bonds. The number of hydrogen-bond donors (Lipinski definition) is 1. The number of halogens is 1. The second-order valence-corrected chi connectivity index (χ2v) is 8.08. The van der Waals surface area contributed by atoms with Crippen LogP contribution in [0.4, 0.5) is 4.39 Å². The smallest absolute Gasteiger partial charge is 0.159 e. The Balaban J connectivity index is 0.000000314. The first-order valence-corrected chi connectivity index (χ1v) is 10.2. The maximum Gasteiger partial charge on any atom is 0.159 e. The van der Waals surface area contributed by atoms with Gasteiger partial charge in [0.25, 0.3) is 0 Å². The molecule has 1 heterocycles. The van der Waals surface area contributed by atoms with Gasteiger partial charge < -0.3 is 5.11 Å². The van der Waals surface area contributed by atoms with E-state index in [1.54, 1.807) is 12.1 Å². The third-order valence-corrected chi connectivity index (χ3v) is 4.22. The average molecular weight is 599 g/mol. The number of aromatic nitrogens is 1. The summed E-state index contributed by atoms with van der Waals surface area (Å²) >= 11 is 0. The molecule has 2 aromatic carbocycles. The molecule has 31 heavy (non-hydrogen) atoms. The fraction of sp³-hybridized carbons (Fsp3) is 0.308. The monoisotopic (exact) mass is 599 g/mol. The van der Waals surface area contributed by atoms with Gasteiger partial charge >= 0.3 is 0 Å². The van der Waals surface area contributed by atoms with Crippen LogP contribution in [0.15, 0.2) is 66.4 Å². The van der Waals surface area contributed by atoms with Crippen LogP contribution >= 0.6 is 0 Å². The summed E-state index contributed by atoms with van der Waals surface area (Å²) in [5.41, 5.74) is 2.39. The molecule has 3 aromatic rings. The van der Waals surface area contributed by atoms with Crippen molar-refractivity contribution in [1.29, 1.82) is 0 Å². The largest absolute Gasteiger partial charge is 0.512 e. The molecular formula is C26H29FIrNO2-. The molecule has 3 nitrogen and oxygen atoms in total. The molecule has 1 N–H and O–H groups in total. The van der Waals surface area contributed by atoms with Crippen molar-refractivity contribution in [1.82, 2.24) is 4.98 Å². The molecule has 0 spiro atoms. The molecular weight excluding hydrogens is 570 g/mol. The van der Waals surface area contributed by atoms with Gasteiger partial charge in [0.1, 0.15) is 5.82 Å². The number of benzene rings is 2. The van der Waals surface area contributed by atoms with Crippen LogP contribution in [0.2, 0.25) is 0 Å². The van der Waals surface area contributed by atoms with E-state index in [1.807, 2.05) is 64.1 Å². The molecule has 0 aliphatic heterocycles. The van der Waals surface area contributed by atoms with E-state index < -0.39 is 0 Å². The summed E-state index contributed by atoms with van der Waals surface area (Å²) in [5.74, 6) is 0.742. The summed E-state index contributed by atoms with van der Waals surface area (Å²) in [4.78, 5) is 15.6. The van der Waals surface area contributed by atoms with Crippen LogP contribution in [0.3, 0.4) is 0 Å². The topological polar surface area (TPSA) is 50.2 Å². The van der Waals surface area contributed by atoms with Crippen LogP contribution < -0.4 is 0 Å². The van der Waals surface area contributed by atoms with Crippen LogP contribution in [-0.4, -0.2) is 15.9 Å². The van der Waals surface area contributed by atoms with Crippen LogP contribution in [0, 0.1) is 23.7 Å². The van der Waals surface area contributed by atoms with Gasteiger partial charge in [0, 0.05) is 44.4 Å². The SMILES string of the molecule is CC(C)CC(=O)/C=C(\O)CC(C)C.Fc1cccc2nc(-c3[c-]cccc3)ccc12.[Ir]. The molecule has 0 bridgehead atoms. The van der Waals surface area contributed by atoms with Crippen LogP contribution in [0.5, 0.6) is 0 Å². The molecule has 0 saturated carbocycles. The van der Waals surface area contributed by atoms with Crippen molar-refractivity contribution in [3.8, 4) is 11.3 Å². The Morgan fingerprint density at radius 3 is 2.35 bits per heavy atom. The number of carbonyl (C=O) groups is 1. The Hall–Kier alpha value is -2.36. The number of pyridine rings is 1. The number of ketones is 1. The molecule has 0 unspecified atom stereocenters. The van der Waals surface area contributed by atoms with Crippen LogP contribution in [0.1, 0.15) is 40.5 Å². The quantitative estimate of drug-likeness (QED) is 0.190. The van der Waals surface area contributed by atoms with Crippen molar-refractivity contribution in [3.63, 3.8) is 0 Å². The normalized spacial score (nSPS) is 11.1. The molecule has 167 valence electrons. The Kier molecular flexibility index (Phi) is 11.3. The standard InChI is InChI=1S/C15H9FN.C11H20O2.Ir/c16-13-7-4-8-15-12(13)9-10-14(17-15)11-5-2-1-3-6-11;1-8(2)5-10(12)7-11(13)6-9(3)4;/h1-5,7-10H;7-9,12H,5-6H2,1-4H3;/q-1;;/b;10-7-;. The average Bonchev–Trinajstić information content (AvgIpc) is 2.67. The first kappa shape index (κ1) is 26.7. The van der Waals surface area contributed by atoms with Crippen LogP contribution in [0.25, 0.3) is 22.2 Å². The fourth-order valence-corrected chi connectivity index (χ4v) is 2.94. The number of rotatable bonds is 6. The molecule has 3 rings (SSSR count).